The lowest BCUT2D eigenvalue weighted by molar-refractivity contribution is 0.0697. The van der Waals surface area contributed by atoms with Gasteiger partial charge in [0, 0.05) is 11.8 Å². The molecule has 104 valence electrons. The minimum atomic E-state index is -1.08. The van der Waals surface area contributed by atoms with E-state index < -0.39 is 11.8 Å². The largest absolute Gasteiger partial charge is 0.478 e. The molecule has 0 amide bonds. The Morgan fingerprint density at radius 2 is 1.90 bits per heavy atom. The van der Waals surface area contributed by atoms with Crippen LogP contribution in [0.15, 0.2) is 54.9 Å². The summed E-state index contributed by atoms with van der Waals surface area (Å²) in [6, 6.07) is 11.7. The number of benzene rings is 1. The summed E-state index contributed by atoms with van der Waals surface area (Å²) >= 11 is 0. The van der Waals surface area contributed by atoms with Gasteiger partial charge < -0.3 is 5.11 Å². The average molecular weight is 283 g/mol. The molecule has 3 rings (SSSR count). The van der Waals surface area contributed by atoms with Gasteiger partial charge in [0.15, 0.2) is 5.82 Å². The topological polar surface area (TPSA) is 68.0 Å². The summed E-state index contributed by atoms with van der Waals surface area (Å²) in [5.74, 6) is -1.20. The molecule has 0 aliphatic rings. The fourth-order valence-electron chi connectivity index (χ4n) is 1.96. The number of aromatic carboxylic acids is 1. The van der Waals surface area contributed by atoms with Crippen molar-refractivity contribution in [3.63, 3.8) is 0 Å². The van der Waals surface area contributed by atoms with Gasteiger partial charge in [0.05, 0.1) is 6.20 Å². The zero-order valence-electron chi connectivity index (χ0n) is 10.8. The van der Waals surface area contributed by atoms with E-state index in [4.69, 9.17) is 0 Å². The van der Waals surface area contributed by atoms with Crippen molar-refractivity contribution in [1.82, 2.24) is 14.8 Å². The second kappa shape index (κ2) is 5.16. The molecular formula is C15H10FN3O2. The maximum Gasteiger partial charge on any atom is 0.339 e. The maximum absolute atomic E-state index is 12.9. The van der Waals surface area contributed by atoms with Crippen molar-refractivity contribution in [1.29, 1.82) is 0 Å². The number of aromatic nitrogens is 3. The van der Waals surface area contributed by atoms with E-state index in [1.807, 2.05) is 6.07 Å². The van der Waals surface area contributed by atoms with Gasteiger partial charge in [-0.05, 0) is 12.1 Å². The van der Waals surface area contributed by atoms with Crippen LogP contribution in [0, 0.1) is 5.82 Å². The molecule has 5 nitrogen and oxygen atoms in total. The summed E-state index contributed by atoms with van der Waals surface area (Å²) in [5, 5.41) is 13.6. The average Bonchev–Trinajstić information content (AvgIpc) is 2.94. The van der Waals surface area contributed by atoms with Crippen molar-refractivity contribution in [2.75, 3.05) is 0 Å². The molecule has 0 fully saturated rings. The van der Waals surface area contributed by atoms with Crippen molar-refractivity contribution in [2.24, 2.45) is 0 Å². The molecule has 0 bridgehead atoms. The standard InChI is InChI=1S/C15H10FN3O2/c16-11-6-7-13(17-8-11)19-9-12(15(20)21)14(18-19)10-4-2-1-3-5-10/h1-9H,(H,20,21). The lowest BCUT2D eigenvalue weighted by Crippen LogP contribution is -1.98. The van der Waals surface area contributed by atoms with Crippen LogP contribution < -0.4 is 0 Å². The Morgan fingerprint density at radius 3 is 2.52 bits per heavy atom. The number of carbonyl (C=O) groups is 1. The van der Waals surface area contributed by atoms with E-state index in [1.165, 1.54) is 23.0 Å². The zero-order chi connectivity index (χ0) is 14.8. The molecule has 0 aliphatic heterocycles. The van der Waals surface area contributed by atoms with Gasteiger partial charge in [0.2, 0.25) is 0 Å². The SMILES string of the molecule is O=C(O)c1cn(-c2ccc(F)cn2)nc1-c1ccccc1. The van der Waals surface area contributed by atoms with Gasteiger partial charge >= 0.3 is 5.97 Å². The summed E-state index contributed by atoms with van der Waals surface area (Å²) in [4.78, 5) is 15.2. The van der Waals surface area contributed by atoms with Gasteiger partial charge in [-0.15, -0.1) is 0 Å². The van der Waals surface area contributed by atoms with Crippen LogP contribution in [0.25, 0.3) is 17.1 Å². The van der Waals surface area contributed by atoms with Crippen molar-refractivity contribution >= 4 is 5.97 Å². The van der Waals surface area contributed by atoms with E-state index in [1.54, 1.807) is 24.3 Å². The molecule has 1 N–H and O–H groups in total. The van der Waals surface area contributed by atoms with E-state index in [9.17, 15) is 14.3 Å². The van der Waals surface area contributed by atoms with Crippen molar-refractivity contribution in [3.8, 4) is 17.1 Å². The van der Waals surface area contributed by atoms with Crippen LogP contribution in [0.3, 0.4) is 0 Å². The highest BCUT2D eigenvalue weighted by Crippen LogP contribution is 2.23. The number of rotatable bonds is 3. The maximum atomic E-state index is 12.9. The molecule has 2 heterocycles. The Balaban J connectivity index is 2.13. The molecule has 0 unspecified atom stereocenters. The summed E-state index contributed by atoms with van der Waals surface area (Å²) in [7, 11) is 0. The van der Waals surface area contributed by atoms with Crippen LogP contribution in [-0.4, -0.2) is 25.8 Å². The number of nitrogens with zero attached hydrogens (tertiary/aromatic N) is 3. The van der Waals surface area contributed by atoms with E-state index in [0.29, 0.717) is 17.1 Å². The normalized spacial score (nSPS) is 10.5. The molecular weight excluding hydrogens is 273 g/mol. The van der Waals surface area contributed by atoms with Gasteiger partial charge in [-0.1, -0.05) is 30.3 Å². The third-order valence-electron chi connectivity index (χ3n) is 2.94. The minimum absolute atomic E-state index is 0.0623. The van der Waals surface area contributed by atoms with Gasteiger partial charge in [0.25, 0.3) is 0 Å². The highest BCUT2D eigenvalue weighted by molar-refractivity contribution is 5.94. The molecule has 2 aromatic heterocycles. The van der Waals surface area contributed by atoms with E-state index in [0.717, 1.165) is 6.20 Å². The molecule has 21 heavy (non-hydrogen) atoms. The molecule has 0 saturated heterocycles. The third-order valence-corrected chi connectivity index (χ3v) is 2.94. The summed E-state index contributed by atoms with van der Waals surface area (Å²) < 4.78 is 14.2. The molecule has 6 heteroatoms. The van der Waals surface area contributed by atoms with Crippen LogP contribution in [0.2, 0.25) is 0 Å². The van der Waals surface area contributed by atoms with Gasteiger partial charge in [0.1, 0.15) is 17.1 Å². The fraction of sp³-hybridized carbons (Fsp3) is 0. The molecule has 0 spiro atoms. The number of halogens is 1. The summed E-state index contributed by atoms with van der Waals surface area (Å²) in [6.45, 7) is 0. The summed E-state index contributed by atoms with van der Waals surface area (Å²) in [5.41, 5.74) is 1.09. The van der Waals surface area contributed by atoms with Crippen molar-refractivity contribution in [3.05, 3.63) is 66.2 Å². The summed E-state index contributed by atoms with van der Waals surface area (Å²) in [6.07, 6.45) is 2.42. The van der Waals surface area contributed by atoms with Crippen LogP contribution in [0.1, 0.15) is 10.4 Å². The third kappa shape index (κ3) is 2.51. The van der Waals surface area contributed by atoms with E-state index >= 15 is 0 Å². The smallest absolute Gasteiger partial charge is 0.339 e. The minimum Gasteiger partial charge on any atom is -0.478 e. The monoisotopic (exact) mass is 283 g/mol. The second-order valence-corrected chi connectivity index (χ2v) is 4.34. The number of carboxylic acid groups (broad SMARTS) is 1. The van der Waals surface area contributed by atoms with Crippen LogP contribution in [0.4, 0.5) is 4.39 Å². The Kier molecular flexibility index (Phi) is 3.19. The van der Waals surface area contributed by atoms with Gasteiger partial charge in [-0.25, -0.2) is 18.9 Å². The number of carboxylic acids is 1. The highest BCUT2D eigenvalue weighted by Gasteiger charge is 2.17. The molecule has 1 aromatic carbocycles. The Hall–Kier alpha value is -3.02. The van der Waals surface area contributed by atoms with Gasteiger partial charge in [-0.2, -0.15) is 5.10 Å². The first-order chi connectivity index (χ1) is 10.1. The second-order valence-electron chi connectivity index (χ2n) is 4.34. The highest BCUT2D eigenvalue weighted by atomic mass is 19.1. The first kappa shape index (κ1) is 13.0. The molecule has 0 saturated carbocycles. The number of hydrogen-bond donors (Lipinski definition) is 1. The first-order valence-electron chi connectivity index (χ1n) is 6.15. The lowest BCUT2D eigenvalue weighted by atomic mass is 10.1. The predicted octanol–water partition coefficient (Wildman–Crippen LogP) is 2.77. The van der Waals surface area contributed by atoms with Crippen molar-refractivity contribution in [2.45, 2.75) is 0 Å². The van der Waals surface area contributed by atoms with Gasteiger partial charge in [-0.3, -0.25) is 0 Å². The van der Waals surface area contributed by atoms with E-state index in [2.05, 4.69) is 10.1 Å². The number of hydrogen-bond acceptors (Lipinski definition) is 3. The van der Waals surface area contributed by atoms with Crippen LogP contribution >= 0.6 is 0 Å². The van der Waals surface area contributed by atoms with Crippen LogP contribution in [0.5, 0.6) is 0 Å². The Morgan fingerprint density at radius 1 is 1.14 bits per heavy atom. The predicted molar refractivity (Wildman–Crippen MR) is 73.7 cm³/mol. The van der Waals surface area contributed by atoms with Crippen molar-refractivity contribution < 1.29 is 14.3 Å². The molecule has 0 atom stereocenters. The fourth-order valence-corrected chi connectivity index (χ4v) is 1.96. The first-order valence-corrected chi connectivity index (χ1v) is 6.15. The zero-order valence-corrected chi connectivity index (χ0v) is 10.8. The Bertz CT molecular complexity index is 782. The molecule has 0 radical (unpaired) electrons. The van der Waals surface area contributed by atoms with Crippen LogP contribution in [-0.2, 0) is 0 Å². The molecule has 0 aliphatic carbocycles. The Labute approximate surface area is 119 Å². The van der Waals surface area contributed by atoms with E-state index in [-0.39, 0.29) is 5.56 Å². The molecule has 3 aromatic rings. The lowest BCUT2D eigenvalue weighted by Gasteiger charge is -1.99. The quantitative estimate of drug-likeness (QED) is 0.802. The number of pyridine rings is 1.